The molecule has 0 aliphatic carbocycles. The Kier molecular flexibility index (Phi) is 10.2. The number of halogens is 2. The fourth-order valence-corrected chi connectivity index (χ4v) is 8.85. The van der Waals surface area contributed by atoms with Crippen molar-refractivity contribution in [3.8, 4) is 45.3 Å². The molecule has 0 fully saturated rings. The number of benzene rings is 4. The quantitative estimate of drug-likeness (QED) is 0.187. The first-order chi connectivity index (χ1) is 21.9. The maximum absolute atomic E-state index is 7.26. The minimum absolute atomic E-state index is 0.241. The molecule has 4 aromatic carbocycles. The van der Waals surface area contributed by atoms with E-state index in [0.717, 1.165) is 56.2 Å². The van der Waals surface area contributed by atoms with Gasteiger partial charge in [-0.25, -0.2) is 0 Å². The number of fused-ring (bicyclic) bond motifs is 3. The zero-order valence-corrected chi connectivity index (χ0v) is 32.9. The lowest BCUT2D eigenvalue weighted by atomic mass is 9.81. The van der Waals surface area contributed by atoms with Crippen LogP contribution < -0.4 is 18.3 Å². The van der Waals surface area contributed by atoms with Gasteiger partial charge in [0.25, 0.3) is 15.2 Å². The zero-order chi connectivity index (χ0) is 34.6. The summed E-state index contributed by atoms with van der Waals surface area (Å²) in [5.74, 6) is 3.00. The van der Waals surface area contributed by atoms with E-state index in [1.807, 2.05) is 6.07 Å². The van der Waals surface area contributed by atoms with Crippen LogP contribution in [0.15, 0.2) is 48.5 Å². The minimum Gasteiger partial charge on any atom is -0.497 e. The van der Waals surface area contributed by atoms with Crippen LogP contribution in [0.5, 0.6) is 23.0 Å². The Balaban J connectivity index is 1.80. The molecule has 1 unspecified atom stereocenters. The summed E-state index contributed by atoms with van der Waals surface area (Å²) in [4.78, 5) is 0. The van der Waals surface area contributed by atoms with E-state index < -0.39 is 15.2 Å². The fraction of sp³-hybridized carbons (Fsp3) is 0.385. The normalized spacial score (nSPS) is 14.7. The van der Waals surface area contributed by atoms with Crippen molar-refractivity contribution in [2.75, 3.05) is 7.11 Å². The van der Waals surface area contributed by atoms with Gasteiger partial charge in [0.2, 0.25) is 0 Å². The molecule has 0 radical (unpaired) electrons. The molecule has 1 aliphatic heterocycles. The Morgan fingerprint density at radius 1 is 0.660 bits per heavy atom. The van der Waals surface area contributed by atoms with Crippen LogP contribution >= 0.6 is 37.7 Å². The summed E-state index contributed by atoms with van der Waals surface area (Å²) in [6.07, 6.45) is 0.637. The number of aryl methyl sites for hydroxylation is 5. The van der Waals surface area contributed by atoms with Crippen molar-refractivity contribution in [1.82, 2.24) is 0 Å². The summed E-state index contributed by atoms with van der Waals surface area (Å²) in [6.45, 7) is 22.0. The molecule has 0 spiro atoms. The fourth-order valence-electron chi connectivity index (χ4n) is 6.41. The molecule has 1 heterocycles. The average molecular weight is 712 g/mol. The highest BCUT2D eigenvalue weighted by atomic mass is 35.9. The van der Waals surface area contributed by atoms with Gasteiger partial charge in [-0.15, -0.1) is 0 Å². The van der Waals surface area contributed by atoms with E-state index >= 15 is 0 Å². The van der Waals surface area contributed by atoms with Gasteiger partial charge in [0.1, 0.15) is 23.0 Å². The summed E-state index contributed by atoms with van der Waals surface area (Å²) in [6, 6.07) is 17.3. The van der Waals surface area contributed by atoms with E-state index in [0.29, 0.717) is 11.9 Å². The summed E-state index contributed by atoms with van der Waals surface area (Å²) >= 11 is 12.8. The summed E-state index contributed by atoms with van der Waals surface area (Å²) in [5.41, 5.74) is 12.6. The van der Waals surface area contributed by atoms with E-state index in [4.69, 9.17) is 40.8 Å². The molecule has 47 heavy (non-hydrogen) atoms. The van der Waals surface area contributed by atoms with Gasteiger partial charge in [0, 0.05) is 27.8 Å². The Morgan fingerprint density at radius 2 is 1.19 bits per heavy atom. The van der Waals surface area contributed by atoms with Gasteiger partial charge in [0.15, 0.2) is 0 Å². The smallest absolute Gasteiger partial charge is 0.295 e. The first-order valence-electron chi connectivity index (χ1n) is 15.9. The van der Waals surface area contributed by atoms with E-state index in [1.165, 1.54) is 27.8 Å². The average Bonchev–Trinajstić information content (AvgIpc) is 3.09. The van der Waals surface area contributed by atoms with Gasteiger partial charge >= 0.3 is 0 Å². The van der Waals surface area contributed by atoms with Gasteiger partial charge in [-0.3, -0.25) is 0 Å². The van der Waals surface area contributed by atoms with Crippen molar-refractivity contribution >= 4 is 37.7 Å². The number of methoxy groups -OCH3 is 1. The minimum atomic E-state index is -1.75. The molecule has 0 saturated heterocycles. The van der Waals surface area contributed by atoms with Crippen molar-refractivity contribution in [1.29, 1.82) is 0 Å². The van der Waals surface area contributed by atoms with Crippen LogP contribution in [0.4, 0.5) is 0 Å². The second-order valence-corrected chi connectivity index (χ2v) is 19.1. The molecule has 0 N–H and O–H groups in total. The molecule has 8 heteroatoms. The largest absolute Gasteiger partial charge is 0.497 e. The van der Waals surface area contributed by atoms with Crippen molar-refractivity contribution in [2.24, 2.45) is 0 Å². The maximum atomic E-state index is 7.26. The molecular formula is C39H46Cl2O4P2. The van der Waals surface area contributed by atoms with Crippen LogP contribution in [-0.2, 0) is 17.0 Å². The van der Waals surface area contributed by atoms with Crippen LogP contribution in [0.25, 0.3) is 22.3 Å². The number of ether oxygens (including phenoxy) is 1. The Hall–Kier alpha value is -2.48. The van der Waals surface area contributed by atoms with Crippen molar-refractivity contribution in [2.45, 2.75) is 93.2 Å². The topological polar surface area (TPSA) is 36.9 Å². The highest BCUT2D eigenvalue weighted by Crippen LogP contribution is 2.58. The van der Waals surface area contributed by atoms with Gasteiger partial charge in [0.05, 0.1) is 13.3 Å². The molecule has 5 rings (SSSR count). The van der Waals surface area contributed by atoms with E-state index in [2.05, 4.69) is 119 Å². The molecule has 4 nitrogen and oxygen atoms in total. The standard InChI is InChI=1S/C39H46Cl2O4P2/c1-22-13-25(4)32-21-46(43-35-26(5)14-23(2)16-29(35)28(32)15-22)44-36-31(19-27(42-12)20-34(36)39(9,10)11)30-17-24(3)18-33(38(6,7)8)37(30)45-47(40)41/h13-20H,21H2,1-12H3. The van der Waals surface area contributed by atoms with Crippen LogP contribution in [0.3, 0.4) is 0 Å². The second-order valence-electron chi connectivity index (χ2n) is 14.8. The molecule has 0 saturated carbocycles. The number of rotatable bonds is 6. The molecule has 0 aromatic heterocycles. The molecule has 0 bridgehead atoms. The van der Waals surface area contributed by atoms with Crippen LogP contribution in [0, 0.1) is 34.6 Å². The third-order valence-corrected chi connectivity index (χ3v) is 10.7. The highest BCUT2D eigenvalue weighted by molar-refractivity contribution is 8.00. The molecule has 250 valence electrons. The third-order valence-electron chi connectivity index (χ3n) is 8.60. The Morgan fingerprint density at radius 3 is 1.79 bits per heavy atom. The predicted octanol–water partition coefficient (Wildman–Crippen LogP) is 13.5. The zero-order valence-electron chi connectivity index (χ0n) is 29.6. The molecule has 1 aliphatic rings. The van der Waals surface area contributed by atoms with E-state index in [-0.39, 0.29) is 10.8 Å². The second kappa shape index (κ2) is 13.4. The molecule has 0 amide bonds. The SMILES string of the molecule is COc1cc(-c2cc(C)cc(C(C)(C)C)c2OP(Cl)Cl)c(OP2Cc3c(C)cc(C)cc3-c3cc(C)cc(C)c3O2)c(C(C)(C)C)c1. The molecular weight excluding hydrogens is 665 g/mol. The maximum Gasteiger partial charge on any atom is 0.295 e. The van der Waals surface area contributed by atoms with Crippen molar-refractivity contribution < 1.29 is 18.3 Å². The lowest BCUT2D eigenvalue weighted by molar-refractivity contribution is 0.410. The van der Waals surface area contributed by atoms with Crippen LogP contribution in [0.1, 0.15) is 86.1 Å². The number of hydrogen-bond donors (Lipinski definition) is 0. The summed E-state index contributed by atoms with van der Waals surface area (Å²) < 4.78 is 26.4. The van der Waals surface area contributed by atoms with Crippen molar-refractivity contribution in [3.05, 3.63) is 93.0 Å². The third kappa shape index (κ3) is 7.58. The number of hydrogen-bond acceptors (Lipinski definition) is 4. The van der Waals surface area contributed by atoms with E-state index in [9.17, 15) is 0 Å². The highest BCUT2D eigenvalue weighted by Gasteiger charge is 2.34. The summed E-state index contributed by atoms with van der Waals surface area (Å²) in [5, 5.41) is 0. The lowest BCUT2D eigenvalue weighted by Crippen LogP contribution is -2.15. The van der Waals surface area contributed by atoms with Crippen LogP contribution in [0.2, 0.25) is 0 Å². The predicted molar refractivity (Wildman–Crippen MR) is 203 cm³/mol. The molecule has 1 atom stereocenters. The first kappa shape index (κ1) is 35.8. The summed E-state index contributed by atoms with van der Waals surface area (Å²) in [7, 11) is 0.216. The van der Waals surface area contributed by atoms with E-state index in [1.54, 1.807) is 7.11 Å². The van der Waals surface area contributed by atoms with Crippen LogP contribution in [-0.4, -0.2) is 7.11 Å². The first-order valence-corrected chi connectivity index (χ1v) is 20.3. The Bertz CT molecular complexity index is 1780. The van der Waals surface area contributed by atoms with Gasteiger partial charge < -0.3 is 18.3 Å². The van der Waals surface area contributed by atoms with Gasteiger partial charge in [-0.2, -0.15) is 0 Å². The Labute approximate surface area is 293 Å². The monoisotopic (exact) mass is 710 g/mol. The lowest BCUT2D eigenvalue weighted by Gasteiger charge is -2.30. The molecule has 4 aromatic rings. The van der Waals surface area contributed by atoms with Crippen molar-refractivity contribution in [3.63, 3.8) is 0 Å². The van der Waals surface area contributed by atoms with Gasteiger partial charge in [-0.05, 0) is 126 Å². The van der Waals surface area contributed by atoms with Gasteiger partial charge in [-0.1, -0.05) is 71.4 Å².